The van der Waals surface area contributed by atoms with Gasteiger partial charge < -0.3 is 4.12 Å². The van der Waals surface area contributed by atoms with Gasteiger partial charge in [-0.15, -0.1) is 23.2 Å². The fraction of sp³-hybridized carbons (Fsp3) is 1.00. The van der Waals surface area contributed by atoms with Crippen molar-refractivity contribution in [1.29, 1.82) is 0 Å². The van der Waals surface area contributed by atoms with E-state index in [-0.39, 0.29) is 0 Å². The molecule has 0 aliphatic carbocycles. The highest BCUT2D eigenvalue weighted by atomic mass is 35.5. The Labute approximate surface area is 132 Å². The van der Waals surface area contributed by atoms with E-state index in [0.717, 1.165) is 24.6 Å². The summed E-state index contributed by atoms with van der Waals surface area (Å²) >= 11 is 11.4. The van der Waals surface area contributed by atoms with Gasteiger partial charge >= 0.3 is 0 Å². The number of alkyl halides is 2. The zero-order chi connectivity index (χ0) is 14.8. The number of hydrogen-bond acceptors (Lipinski definition) is 1. The third-order valence-corrected chi connectivity index (χ3v) is 11.4. The maximum absolute atomic E-state index is 6.60. The molecule has 0 unspecified atom stereocenters. The van der Waals surface area contributed by atoms with Gasteiger partial charge in [0.15, 0.2) is 16.6 Å². The fourth-order valence-corrected chi connectivity index (χ4v) is 11.9. The summed E-state index contributed by atoms with van der Waals surface area (Å²) in [5.74, 6) is 1.59. The minimum atomic E-state index is -1.46. The first-order chi connectivity index (χ1) is 8.83. The molecule has 0 saturated carbocycles. The molecule has 0 aromatic rings. The SMILES string of the molecule is C[Si](C)(CCCCCCl)O[Si](C)(C)CCCCCCl. The molecule has 0 saturated heterocycles. The van der Waals surface area contributed by atoms with Crippen molar-refractivity contribution in [3.8, 4) is 0 Å². The van der Waals surface area contributed by atoms with Crippen molar-refractivity contribution < 1.29 is 4.12 Å². The van der Waals surface area contributed by atoms with E-state index >= 15 is 0 Å². The third-order valence-electron chi connectivity index (χ3n) is 3.38. The second-order valence-corrected chi connectivity index (χ2v) is 16.2. The normalized spacial score (nSPS) is 12.9. The van der Waals surface area contributed by atoms with Crippen molar-refractivity contribution >= 4 is 39.8 Å². The van der Waals surface area contributed by atoms with Crippen molar-refractivity contribution in [1.82, 2.24) is 0 Å². The first-order valence-electron chi connectivity index (χ1n) is 7.65. The Morgan fingerprint density at radius 2 is 1.00 bits per heavy atom. The van der Waals surface area contributed by atoms with Crippen molar-refractivity contribution in [2.75, 3.05) is 11.8 Å². The average molecular weight is 343 g/mol. The Kier molecular flexibility index (Phi) is 11.2. The summed E-state index contributed by atoms with van der Waals surface area (Å²) in [6, 6.07) is 2.56. The molecule has 5 heteroatoms. The highest BCUT2D eigenvalue weighted by molar-refractivity contribution is 6.84. The zero-order valence-electron chi connectivity index (χ0n) is 13.2. The number of unbranched alkanes of at least 4 members (excludes halogenated alkanes) is 4. The zero-order valence-corrected chi connectivity index (χ0v) is 16.7. The standard InChI is InChI=1S/C14H32Cl2OSi2/c1-18(2,13-9-5-7-11-15)17-19(3,4)14-10-6-8-12-16/h5-14H2,1-4H3. The maximum Gasteiger partial charge on any atom is 0.173 e. The van der Waals surface area contributed by atoms with Gasteiger partial charge in [-0.2, -0.15) is 0 Å². The van der Waals surface area contributed by atoms with Crippen LogP contribution < -0.4 is 0 Å². The van der Waals surface area contributed by atoms with E-state index in [1.54, 1.807) is 0 Å². The van der Waals surface area contributed by atoms with E-state index in [9.17, 15) is 0 Å². The number of rotatable bonds is 12. The molecule has 19 heavy (non-hydrogen) atoms. The summed E-state index contributed by atoms with van der Waals surface area (Å²) in [6.45, 7) is 9.50. The van der Waals surface area contributed by atoms with Gasteiger partial charge in [-0.25, -0.2) is 0 Å². The Bertz CT molecular complexity index is 201. The highest BCUT2D eigenvalue weighted by Gasteiger charge is 2.31. The lowest BCUT2D eigenvalue weighted by Crippen LogP contribution is -2.44. The van der Waals surface area contributed by atoms with E-state index in [1.165, 1.54) is 37.8 Å². The molecule has 0 radical (unpaired) electrons. The van der Waals surface area contributed by atoms with Gasteiger partial charge in [0.2, 0.25) is 0 Å². The summed E-state index contributed by atoms with van der Waals surface area (Å²) in [6.07, 6.45) is 7.35. The van der Waals surface area contributed by atoms with Crippen LogP contribution in [0.3, 0.4) is 0 Å². The molecule has 0 N–H and O–H groups in total. The number of hydrogen-bond donors (Lipinski definition) is 0. The summed E-state index contributed by atoms with van der Waals surface area (Å²) in [4.78, 5) is 0. The van der Waals surface area contributed by atoms with E-state index in [1.807, 2.05) is 0 Å². The van der Waals surface area contributed by atoms with Crippen LogP contribution >= 0.6 is 23.2 Å². The Hall–Kier alpha value is 0.974. The predicted molar refractivity (Wildman–Crippen MR) is 94.8 cm³/mol. The summed E-state index contributed by atoms with van der Waals surface area (Å²) < 4.78 is 6.60. The van der Waals surface area contributed by atoms with Crippen molar-refractivity contribution in [3.05, 3.63) is 0 Å². The lowest BCUT2D eigenvalue weighted by Gasteiger charge is -2.34. The van der Waals surface area contributed by atoms with Gasteiger partial charge in [0.25, 0.3) is 0 Å². The molecular weight excluding hydrogens is 311 g/mol. The summed E-state index contributed by atoms with van der Waals surface area (Å²) in [7, 11) is -2.93. The van der Waals surface area contributed by atoms with Crippen LogP contribution in [0.4, 0.5) is 0 Å². The molecule has 0 rings (SSSR count). The van der Waals surface area contributed by atoms with Crippen molar-refractivity contribution in [2.24, 2.45) is 0 Å². The molecule has 0 heterocycles. The number of halogens is 2. The molecule has 0 aliphatic heterocycles. The second kappa shape index (κ2) is 10.7. The monoisotopic (exact) mass is 342 g/mol. The van der Waals surface area contributed by atoms with Crippen molar-refractivity contribution in [2.45, 2.75) is 76.8 Å². The molecule has 0 amide bonds. The van der Waals surface area contributed by atoms with E-state index in [4.69, 9.17) is 27.3 Å². The van der Waals surface area contributed by atoms with Crippen LogP contribution in [0, 0.1) is 0 Å². The molecule has 1 nitrogen and oxygen atoms in total. The van der Waals surface area contributed by atoms with Gasteiger partial charge in [-0.3, -0.25) is 0 Å². The lowest BCUT2D eigenvalue weighted by atomic mass is 10.3. The van der Waals surface area contributed by atoms with Gasteiger partial charge in [0, 0.05) is 11.8 Å². The quantitative estimate of drug-likeness (QED) is 0.232. The molecule has 0 bridgehead atoms. The van der Waals surface area contributed by atoms with Gasteiger partial charge in [0.1, 0.15) is 0 Å². The Morgan fingerprint density at radius 1 is 0.632 bits per heavy atom. The minimum Gasteiger partial charge on any atom is -0.455 e. The van der Waals surface area contributed by atoms with Crippen LogP contribution in [0.5, 0.6) is 0 Å². The van der Waals surface area contributed by atoms with Gasteiger partial charge in [-0.05, 0) is 51.1 Å². The average Bonchev–Trinajstić information content (AvgIpc) is 2.29. The van der Waals surface area contributed by atoms with Gasteiger partial charge in [0.05, 0.1) is 0 Å². The molecule has 0 spiro atoms. The molecule has 0 aromatic carbocycles. The second-order valence-electron chi connectivity index (χ2n) is 6.62. The molecule has 0 fully saturated rings. The fourth-order valence-electron chi connectivity index (χ4n) is 2.49. The van der Waals surface area contributed by atoms with Crippen LogP contribution in [0.25, 0.3) is 0 Å². The Balaban J connectivity index is 3.93. The maximum atomic E-state index is 6.60. The predicted octanol–water partition coefficient (Wildman–Crippen LogP) is 6.23. The van der Waals surface area contributed by atoms with Crippen LogP contribution in [0.15, 0.2) is 0 Å². The minimum absolute atomic E-state index is 0.795. The van der Waals surface area contributed by atoms with Crippen LogP contribution in [-0.4, -0.2) is 28.4 Å². The molecule has 0 atom stereocenters. The summed E-state index contributed by atoms with van der Waals surface area (Å²) in [5.41, 5.74) is 0. The third kappa shape index (κ3) is 12.4. The van der Waals surface area contributed by atoms with E-state index < -0.39 is 16.6 Å². The summed E-state index contributed by atoms with van der Waals surface area (Å²) in [5, 5.41) is 0. The molecular formula is C14H32Cl2OSi2. The molecule has 0 aromatic heterocycles. The van der Waals surface area contributed by atoms with E-state index in [0.29, 0.717) is 0 Å². The van der Waals surface area contributed by atoms with Crippen LogP contribution in [-0.2, 0) is 4.12 Å². The lowest BCUT2D eigenvalue weighted by molar-refractivity contribution is 0.525. The molecule has 0 aliphatic rings. The topological polar surface area (TPSA) is 9.23 Å². The van der Waals surface area contributed by atoms with Gasteiger partial charge in [-0.1, -0.05) is 25.7 Å². The largest absolute Gasteiger partial charge is 0.455 e. The first-order valence-corrected chi connectivity index (χ1v) is 14.9. The van der Waals surface area contributed by atoms with Crippen LogP contribution in [0.2, 0.25) is 38.3 Å². The molecule has 116 valence electrons. The smallest absolute Gasteiger partial charge is 0.173 e. The van der Waals surface area contributed by atoms with Crippen LogP contribution in [0.1, 0.15) is 38.5 Å². The first kappa shape index (κ1) is 20.0. The highest BCUT2D eigenvalue weighted by Crippen LogP contribution is 2.25. The van der Waals surface area contributed by atoms with E-state index in [2.05, 4.69) is 26.2 Å². The van der Waals surface area contributed by atoms with Crippen molar-refractivity contribution in [3.63, 3.8) is 0 Å². The Morgan fingerprint density at radius 3 is 1.32 bits per heavy atom.